The lowest BCUT2D eigenvalue weighted by Crippen LogP contribution is -2.32. The van der Waals surface area contributed by atoms with Crippen LogP contribution >= 0.6 is 15.9 Å². The van der Waals surface area contributed by atoms with Crippen LogP contribution in [-0.2, 0) is 21.2 Å². The highest BCUT2D eigenvalue weighted by Crippen LogP contribution is 2.20. The van der Waals surface area contributed by atoms with Crippen LogP contribution in [0.25, 0.3) is 0 Å². The van der Waals surface area contributed by atoms with Crippen LogP contribution in [0.4, 0.5) is 0 Å². The van der Waals surface area contributed by atoms with Gasteiger partial charge >= 0.3 is 0 Å². The minimum Gasteiger partial charge on any atom is -0.355 e. The summed E-state index contributed by atoms with van der Waals surface area (Å²) in [6.45, 7) is 2.30. The number of nitrogens with one attached hydrogen (secondary N) is 2. The number of benzene rings is 1. The first-order valence-electron chi connectivity index (χ1n) is 7.91. The van der Waals surface area contributed by atoms with Crippen LogP contribution in [0.5, 0.6) is 0 Å². The van der Waals surface area contributed by atoms with Crippen LogP contribution < -0.4 is 10.0 Å². The molecule has 0 bridgehead atoms. The largest absolute Gasteiger partial charge is 0.355 e. The summed E-state index contributed by atoms with van der Waals surface area (Å²) in [4.78, 5) is 11.5. The van der Waals surface area contributed by atoms with Gasteiger partial charge in [-0.2, -0.15) is 0 Å². The first-order chi connectivity index (χ1) is 10.9. The number of alkyl halides is 1. The standard InChI is InChI=1S/C16H23BrN2O3S/c1-12(17)16(20)18-11-10-13-6-8-15(9-7-13)23(21,22)19-14-4-2-3-5-14/h6-9,12,14,19H,2-5,10-11H2,1H3,(H,18,20). The molecule has 1 aromatic carbocycles. The molecule has 5 nitrogen and oxygen atoms in total. The third-order valence-corrected chi connectivity index (χ3v) is 5.94. The second-order valence-corrected chi connectivity index (χ2v) is 8.99. The predicted molar refractivity (Wildman–Crippen MR) is 94.1 cm³/mol. The quantitative estimate of drug-likeness (QED) is 0.687. The zero-order chi connectivity index (χ0) is 16.9. The van der Waals surface area contributed by atoms with Gasteiger partial charge in [0.1, 0.15) is 0 Å². The number of amides is 1. The molecule has 128 valence electrons. The Bertz CT molecular complexity index is 623. The van der Waals surface area contributed by atoms with E-state index in [1.165, 1.54) is 0 Å². The van der Waals surface area contributed by atoms with Crippen molar-refractivity contribution in [3.05, 3.63) is 29.8 Å². The van der Waals surface area contributed by atoms with Crippen molar-refractivity contribution in [2.75, 3.05) is 6.54 Å². The van der Waals surface area contributed by atoms with Crippen LogP contribution in [0.2, 0.25) is 0 Å². The Balaban J connectivity index is 1.89. The van der Waals surface area contributed by atoms with Crippen LogP contribution in [0.3, 0.4) is 0 Å². The van der Waals surface area contributed by atoms with E-state index in [1.54, 1.807) is 31.2 Å². The highest BCUT2D eigenvalue weighted by molar-refractivity contribution is 9.10. The topological polar surface area (TPSA) is 75.3 Å². The maximum Gasteiger partial charge on any atom is 0.240 e. The first-order valence-corrected chi connectivity index (χ1v) is 10.3. The molecule has 1 fully saturated rings. The molecule has 0 saturated heterocycles. The molecule has 7 heteroatoms. The molecule has 0 aliphatic heterocycles. The van der Waals surface area contributed by atoms with Gasteiger partial charge in [0, 0.05) is 12.6 Å². The van der Waals surface area contributed by atoms with E-state index in [-0.39, 0.29) is 16.8 Å². The van der Waals surface area contributed by atoms with E-state index < -0.39 is 10.0 Å². The van der Waals surface area contributed by atoms with Crippen molar-refractivity contribution in [3.8, 4) is 0 Å². The van der Waals surface area contributed by atoms with E-state index in [4.69, 9.17) is 0 Å². The van der Waals surface area contributed by atoms with Crippen molar-refractivity contribution < 1.29 is 13.2 Å². The molecule has 1 unspecified atom stereocenters. The minimum atomic E-state index is -3.43. The molecule has 23 heavy (non-hydrogen) atoms. The molecule has 0 spiro atoms. The highest BCUT2D eigenvalue weighted by Gasteiger charge is 2.22. The van der Waals surface area contributed by atoms with Crippen LogP contribution in [-0.4, -0.2) is 31.7 Å². The van der Waals surface area contributed by atoms with Crippen molar-refractivity contribution in [1.29, 1.82) is 0 Å². The summed E-state index contributed by atoms with van der Waals surface area (Å²) >= 11 is 3.21. The molecule has 2 rings (SSSR count). The Hall–Kier alpha value is -0.920. The van der Waals surface area contributed by atoms with Gasteiger partial charge in [-0.3, -0.25) is 4.79 Å². The Morgan fingerprint density at radius 3 is 2.43 bits per heavy atom. The van der Waals surface area contributed by atoms with Crippen LogP contribution in [0.15, 0.2) is 29.2 Å². The zero-order valence-electron chi connectivity index (χ0n) is 13.2. The van der Waals surface area contributed by atoms with Crippen LogP contribution in [0.1, 0.15) is 38.2 Å². The van der Waals surface area contributed by atoms with E-state index in [2.05, 4.69) is 26.0 Å². The molecule has 0 heterocycles. The summed E-state index contributed by atoms with van der Waals surface area (Å²) in [5.74, 6) is -0.0510. The number of hydrogen-bond acceptors (Lipinski definition) is 3. The van der Waals surface area contributed by atoms with Crippen molar-refractivity contribution in [2.45, 2.75) is 54.8 Å². The fourth-order valence-corrected chi connectivity index (χ4v) is 4.10. The number of sulfonamides is 1. The predicted octanol–water partition coefficient (Wildman–Crippen LogP) is 2.35. The van der Waals surface area contributed by atoms with E-state index in [0.717, 1.165) is 31.2 Å². The van der Waals surface area contributed by atoms with Gasteiger partial charge in [0.2, 0.25) is 15.9 Å². The molecule has 1 amide bonds. The average molecular weight is 403 g/mol. The van der Waals surface area contributed by atoms with Crippen molar-refractivity contribution in [1.82, 2.24) is 10.0 Å². The zero-order valence-corrected chi connectivity index (χ0v) is 15.6. The van der Waals surface area contributed by atoms with E-state index in [0.29, 0.717) is 17.9 Å². The minimum absolute atomic E-state index is 0.0510. The SMILES string of the molecule is CC(Br)C(=O)NCCc1ccc(S(=O)(=O)NC2CCCC2)cc1. The Labute approximate surface area is 146 Å². The van der Waals surface area contributed by atoms with Gasteiger partial charge < -0.3 is 5.32 Å². The normalized spacial score (nSPS) is 17.1. The number of carbonyl (C=O) groups excluding carboxylic acids is 1. The van der Waals surface area contributed by atoms with Crippen molar-refractivity contribution >= 4 is 31.9 Å². The van der Waals surface area contributed by atoms with Gasteiger partial charge in [0.15, 0.2) is 0 Å². The number of halogens is 1. The fraction of sp³-hybridized carbons (Fsp3) is 0.562. The summed E-state index contributed by atoms with van der Waals surface area (Å²) in [5.41, 5.74) is 0.993. The first kappa shape index (κ1) is 18.4. The monoisotopic (exact) mass is 402 g/mol. The molecule has 0 radical (unpaired) electrons. The molecule has 0 aromatic heterocycles. The second-order valence-electron chi connectivity index (χ2n) is 5.90. The number of hydrogen-bond donors (Lipinski definition) is 2. The molecule has 1 atom stereocenters. The summed E-state index contributed by atoms with van der Waals surface area (Å²) < 4.78 is 27.4. The average Bonchev–Trinajstić information content (AvgIpc) is 2.99. The lowest BCUT2D eigenvalue weighted by atomic mass is 10.1. The highest BCUT2D eigenvalue weighted by atomic mass is 79.9. The Morgan fingerprint density at radius 1 is 1.26 bits per heavy atom. The van der Waals surface area contributed by atoms with E-state index in [1.807, 2.05) is 0 Å². The van der Waals surface area contributed by atoms with Gasteiger partial charge in [-0.15, -0.1) is 0 Å². The van der Waals surface area contributed by atoms with Gasteiger partial charge in [0.25, 0.3) is 0 Å². The Kier molecular flexibility index (Phi) is 6.61. The molecular formula is C16H23BrN2O3S. The van der Waals surface area contributed by atoms with E-state index in [9.17, 15) is 13.2 Å². The fourth-order valence-electron chi connectivity index (χ4n) is 2.64. The maximum absolute atomic E-state index is 12.3. The number of carbonyl (C=O) groups is 1. The lowest BCUT2D eigenvalue weighted by Gasteiger charge is -2.13. The van der Waals surface area contributed by atoms with Crippen LogP contribution in [0, 0.1) is 0 Å². The molecule has 1 aliphatic carbocycles. The third-order valence-electron chi connectivity index (χ3n) is 3.98. The van der Waals surface area contributed by atoms with Crippen molar-refractivity contribution in [2.24, 2.45) is 0 Å². The molecule has 1 aliphatic rings. The number of rotatable bonds is 7. The lowest BCUT2D eigenvalue weighted by molar-refractivity contribution is -0.120. The molecule has 1 saturated carbocycles. The second kappa shape index (κ2) is 8.26. The smallest absolute Gasteiger partial charge is 0.240 e. The summed E-state index contributed by atoms with van der Waals surface area (Å²) in [6.07, 6.45) is 4.68. The van der Waals surface area contributed by atoms with Gasteiger partial charge in [-0.05, 0) is 43.9 Å². The summed E-state index contributed by atoms with van der Waals surface area (Å²) in [5, 5.41) is 2.81. The summed E-state index contributed by atoms with van der Waals surface area (Å²) in [7, 11) is -3.43. The Morgan fingerprint density at radius 2 is 1.87 bits per heavy atom. The molecule has 1 aromatic rings. The molecular weight excluding hydrogens is 380 g/mol. The van der Waals surface area contributed by atoms with E-state index >= 15 is 0 Å². The van der Waals surface area contributed by atoms with Gasteiger partial charge in [-0.25, -0.2) is 13.1 Å². The molecule has 2 N–H and O–H groups in total. The third kappa shape index (κ3) is 5.58. The van der Waals surface area contributed by atoms with Gasteiger partial charge in [0.05, 0.1) is 9.72 Å². The summed E-state index contributed by atoms with van der Waals surface area (Å²) in [6, 6.07) is 6.92. The maximum atomic E-state index is 12.3. The van der Waals surface area contributed by atoms with Crippen molar-refractivity contribution in [3.63, 3.8) is 0 Å². The van der Waals surface area contributed by atoms with Gasteiger partial charge in [-0.1, -0.05) is 40.9 Å².